The largest absolute Gasteiger partial charge is 0.335 e. The molecule has 2 N–H and O–H groups in total. The number of hydrogen-bond acceptors (Lipinski definition) is 2. The highest BCUT2D eigenvalue weighted by molar-refractivity contribution is 7.14. The SMILES string of the molecule is Cc1csc(NC(=O)NC2CCCC2)c1. The normalized spacial score (nSPS) is 16.6. The summed E-state index contributed by atoms with van der Waals surface area (Å²) in [5.41, 5.74) is 1.19. The van der Waals surface area contributed by atoms with Crippen LogP contribution in [-0.4, -0.2) is 12.1 Å². The summed E-state index contributed by atoms with van der Waals surface area (Å²) in [5.74, 6) is 0. The van der Waals surface area contributed by atoms with Gasteiger partial charge in [0.15, 0.2) is 0 Å². The lowest BCUT2D eigenvalue weighted by Crippen LogP contribution is -2.35. The van der Waals surface area contributed by atoms with E-state index >= 15 is 0 Å². The average molecular weight is 224 g/mol. The number of anilines is 1. The highest BCUT2D eigenvalue weighted by atomic mass is 32.1. The lowest BCUT2D eigenvalue weighted by atomic mass is 10.2. The topological polar surface area (TPSA) is 41.1 Å². The van der Waals surface area contributed by atoms with Gasteiger partial charge in [0.05, 0.1) is 5.00 Å². The van der Waals surface area contributed by atoms with Crippen LogP contribution in [0.15, 0.2) is 11.4 Å². The molecule has 1 heterocycles. The van der Waals surface area contributed by atoms with Crippen molar-refractivity contribution in [3.8, 4) is 0 Å². The van der Waals surface area contributed by atoms with Crippen LogP contribution in [-0.2, 0) is 0 Å². The quantitative estimate of drug-likeness (QED) is 0.796. The molecule has 15 heavy (non-hydrogen) atoms. The lowest BCUT2D eigenvalue weighted by Gasteiger charge is -2.11. The minimum absolute atomic E-state index is 0.0660. The summed E-state index contributed by atoms with van der Waals surface area (Å²) in [7, 11) is 0. The van der Waals surface area contributed by atoms with E-state index in [1.165, 1.54) is 18.4 Å². The molecule has 2 rings (SSSR count). The number of amides is 2. The van der Waals surface area contributed by atoms with Crippen molar-refractivity contribution in [3.63, 3.8) is 0 Å². The van der Waals surface area contributed by atoms with Gasteiger partial charge in [-0.05, 0) is 36.8 Å². The minimum Gasteiger partial charge on any atom is -0.335 e. The first-order valence-electron chi connectivity index (χ1n) is 5.37. The number of aryl methyl sites for hydroxylation is 1. The molecular formula is C11H16N2OS. The van der Waals surface area contributed by atoms with Crippen LogP contribution >= 0.6 is 11.3 Å². The Bertz CT molecular complexity index is 342. The maximum atomic E-state index is 11.6. The fourth-order valence-corrected chi connectivity index (χ4v) is 2.69. The molecule has 82 valence electrons. The van der Waals surface area contributed by atoms with Gasteiger partial charge in [-0.2, -0.15) is 0 Å². The molecule has 1 saturated carbocycles. The number of carbonyl (C=O) groups excluding carboxylic acids is 1. The molecule has 1 fully saturated rings. The Morgan fingerprint density at radius 2 is 2.20 bits per heavy atom. The van der Waals surface area contributed by atoms with Crippen molar-refractivity contribution < 1.29 is 4.79 Å². The van der Waals surface area contributed by atoms with Crippen molar-refractivity contribution in [2.24, 2.45) is 0 Å². The van der Waals surface area contributed by atoms with E-state index in [1.54, 1.807) is 11.3 Å². The van der Waals surface area contributed by atoms with Crippen molar-refractivity contribution in [1.82, 2.24) is 5.32 Å². The zero-order chi connectivity index (χ0) is 10.7. The Hall–Kier alpha value is -1.03. The third kappa shape index (κ3) is 2.96. The monoisotopic (exact) mass is 224 g/mol. The predicted octanol–water partition coefficient (Wildman–Crippen LogP) is 3.12. The van der Waals surface area contributed by atoms with E-state index in [1.807, 2.05) is 18.4 Å². The van der Waals surface area contributed by atoms with Crippen molar-refractivity contribution in [2.75, 3.05) is 5.32 Å². The molecule has 0 radical (unpaired) electrons. The molecule has 0 spiro atoms. The van der Waals surface area contributed by atoms with Crippen LogP contribution in [0.4, 0.5) is 9.80 Å². The van der Waals surface area contributed by atoms with Gasteiger partial charge in [0, 0.05) is 6.04 Å². The van der Waals surface area contributed by atoms with Gasteiger partial charge in [-0.1, -0.05) is 12.8 Å². The van der Waals surface area contributed by atoms with Crippen LogP contribution in [0.25, 0.3) is 0 Å². The zero-order valence-electron chi connectivity index (χ0n) is 8.88. The van der Waals surface area contributed by atoms with Gasteiger partial charge in [-0.25, -0.2) is 4.79 Å². The fraction of sp³-hybridized carbons (Fsp3) is 0.545. The fourth-order valence-electron chi connectivity index (χ4n) is 1.90. The number of urea groups is 1. The Labute approximate surface area is 93.9 Å². The van der Waals surface area contributed by atoms with E-state index < -0.39 is 0 Å². The molecular weight excluding hydrogens is 208 g/mol. The molecule has 0 saturated heterocycles. The lowest BCUT2D eigenvalue weighted by molar-refractivity contribution is 0.248. The Kier molecular flexibility index (Phi) is 3.26. The summed E-state index contributed by atoms with van der Waals surface area (Å²) in [5, 5.41) is 8.80. The zero-order valence-corrected chi connectivity index (χ0v) is 9.69. The molecule has 0 aromatic carbocycles. The van der Waals surface area contributed by atoms with E-state index in [-0.39, 0.29) is 6.03 Å². The Morgan fingerprint density at radius 1 is 1.47 bits per heavy atom. The molecule has 1 aromatic heterocycles. The van der Waals surface area contributed by atoms with Crippen molar-refractivity contribution in [2.45, 2.75) is 38.6 Å². The van der Waals surface area contributed by atoms with Crippen LogP contribution < -0.4 is 10.6 Å². The van der Waals surface area contributed by atoms with E-state index in [4.69, 9.17) is 0 Å². The standard InChI is InChI=1S/C11H16N2OS/c1-8-6-10(15-7-8)13-11(14)12-9-4-2-3-5-9/h6-7,9H,2-5H2,1H3,(H2,12,13,14). The first-order valence-corrected chi connectivity index (χ1v) is 6.24. The summed E-state index contributed by atoms with van der Waals surface area (Å²) < 4.78 is 0. The number of rotatable bonds is 2. The van der Waals surface area contributed by atoms with Gasteiger partial charge >= 0.3 is 6.03 Å². The first kappa shape index (κ1) is 10.5. The van der Waals surface area contributed by atoms with Crippen LogP contribution in [0.1, 0.15) is 31.2 Å². The highest BCUT2D eigenvalue weighted by Gasteiger charge is 2.16. The van der Waals surface area contributed by atoms with Gasteiger partial charge < -0.3 is 5.32 Å². The van der Waals surface area contributed by atoms with Gasteiger partial charge in [-0.15, -0.1) is 11.3 Å². The summed E-state index contributed by atoms with van der Waals surface area (Å²) in [4.78, 5) is 11.6. The molecule has 1 aliphatic rings. The minimum atomic E-state index is -0.0660. The molecule has 0 atom stereocenters. The van der Waals surface area contributed by atoms with Crippen molar-refractivity contribution >= 4 is 22.4 Å². The Morgan fingerprint density at radius 3 is 2.80 bits per heavy atom. The van der Waals surface area contributed by atoms with E-state index in [0.717, 1.165) is 17.8 Å². The first-order chi connectivity index (χ1) is 7.24. The number of nitrogens with one attached hydrogen (secondary N) is 2. The van der Waals surface area contributed by atoms with Crippen LogP contribution in [0.2, 0.25) is 0 Å². The molecule has 2 amide bonds. The number of hydrogen-bond donors (Lipinski definition) is 2. The second-order valence-electron chi connectivity index (χ2n) is 4.07. The maximum absolute atomic E-state index is 11.6. The summed E-state index contributed by atoms with van der Waals surface area (Å²) in [6.07, 6.45) is 4.72. The molecule has 0 bridgehead atoms. The summed E-state index contributed by atoms with van der Waals surface area (Å²) in [6, 6.07) is 2.30. The third-order valence-electron chi connectivity index (χ3n) is 2.66. The van der Waals surface area contributed by atoms with Crippen molar-refractivity contribution in [3.05, 3.63) is 17.0 Å². The second kappa shape index (κ2) is 4.66. The van der Waals surface area contributed by atoms with Crippen LogP contribution in [0, 0.1) is 6.92 Å². The second-order valence-corrected chi connectivity index (χ2v) is 4.98. The molecule has 1 aromatic rings. The van der Waals surface area contributed by atoms with Crippen LogP contribution in [0.3, 0.4) is 0 Å². The highest BCUT2D eigenvalue weighted by Crippen LogP contribution is 2.20. The number of thiophene rings is 1. The molecule has 4 heteroatoms. The Balaban J connectivity index is 1.81. The van der Waals surface area contributed by atoms with Gasteiger partial charge in [-0.3, -0.25) is 5.32 Å². The molecule has 1 aliphatic carbocycles. The third-order valence-corrected chi connectivity index (χ3v) is 3.62. The van der Waals surface area contributed by atoms with E-state index in [2.05, 4.69) is 10.6 Å². The van der Waals surface area contributed by atoms with Gasteiger partial charge in [0.25, 0.3) is 0 Å². The van der Waals surface area contributed by atoms with Gasteiger partial charge in [0.2, 0.25) is 0 Å². The smallest absolute Gasteiger partial charge is 0.320 e. The average Bonchev–Trinajstić information content (AvgIpc) is 2.77. The summed E-state index contributed by atoms with van der Waals surface area (Å²) in [6.45, 7) is 2.02. The number of carbonyl (C=O) groups is 1. The van der Waals surface area contributed by atoms with Crippen molar-refractivity contribution in [1.29, 1.82) is 0 Å². The van der Waals surface area contributed by atoms with Gasteiger partial charge in [0.1, 0.15) is 0 Å². The predicted molar refractivity (Wildman–Crippen MR) is 63.5 cm³/mol. The van der Waals surface area contributed by atoms with E-state index in [0.29, 0.717) is 6.04 Å². The van der Waals surface area contributed by atoms with Crippen LogP contribution in [0.5, 0.6) is 0 Å². The molecule has 0 unspecified atom stereocenters. The summed E-state index contributed by atoms with van der Waals surface area (Å²) >= 11 is 1.56. The van der Waals surface area contributed by atoms with E-state index in [9.17, 15) is 4.79 Å². The molecule has 3 nitrogen and oxygen atoms in total. The maximum Gasteiger partial charge on any atom is 0.320 e. The molecule has 0 aliphatic heterocycles.